The minimum atomic E-state index is -0.542. The molecule has 1 heterocycles. The summed E-state index contributed by atoms with van der Waals surface area (Å²) in [5.41, 5.74) is 1.44. The van der Waals surface area contributed by atoms with Gasteiger partial charge in [-0.2, -0.15) is 5.26 Å². The van der Waals surface area contributed by atoms with Gasteiger partial charge in [0.15, 0.2) is 0 Å². The van der Waals surface area contributed by atoms with E-state index in [-0.39, 0.29) is 0 Å². The first-order valence-corrected chi connectivity index (χ1v) is 7.39. The Labute approximate surface area is 121 Å². The van der Waals surface area contributed by atoms with Crippen LogP contribution < -0.4 is 0 Å². The van der Waals surface area contributed by atoms with Gasteiger partial charge in [0.1, 0.15) is 11.3 Å². The number of hydrogen-bond donors (Lipinski definition) is 1. The second-order valence-corrected chi connectivity index (χ2v) is 6.39. The maximum Gasteiger partial charge on any atom is 0.118 e. The fourth-order valence-corrected chi connectivity index (χ4v) is 3.09. The van der Waals surface area contributed by atoms with Crippen LogP contribution in [0.5, 0.6) is 5.75 Å². The van der Waals surface area contributed by atoms with Crippen molar-refractivity contribution in [2.45, 2.75) is 45.6 Å². The third-order valence-electron chi connectivity index (χ3n) is 4.37. The van der Waals surface area contributed by atoms with E-state index in [1.165, 1.54) is 6.42 Å². The third-order valence-corrected chi connectivity index (χ3v) is 4.37. The molecule has 108 valence electrons. The Hall–Kier alpha value is -1.53. The van der Waals surface area contributed by atoms with Crippen molar-refractivity contribution in [1.29, 1.82) is 5.26 Å². The molecule has 0 saturated carbocycles. The molecule has 20 heavy (non-hydrogen) atoms. The van der Waals surface area contributed by atoms with Crippen molar-refractivity contribution in [2.75, 3.05) is 13.1 Å². The molecule has 2 unspecified atom stereocenters. The SMILES string of the molecule is Cc1ccc(O)c(CC(C)(C#N)N2CCCC(C)C2)c1. The van der Waals surface area contributed by atoms with Gasteiger partial charge >= 0.3 is 0 Å². The molecule has 2 rings (SSSR count). The lowest BCUT2D eigenvalue weighted by atomic mass is 9.87. The first-order chi connectivity index (χ1) is 9.44. The van der Waals surface area contributed by atoms with Crippen LogP contribution in [-0.4, -0.2) is 28.6 Å². The number of nitrogens with zero attached hydrogens (tertiary/aromatic N) is 2. The standard InChI is InChI=1S/C17H24N2O/c1-13-6-7-16(20)15(9-13)10-17(3,12-18)19-8-4-5-14(2)11-19/h6-7,9,14,20H,4-5,8,10-11H2,1-3H3. The highest BCUT2D eigenvalue weighted by molar-refractivity contribution is 5.38. The van der Waals surface area contributed by atoms with Crippen LogP contribution in [0.25, 0.3) is 0 Å². The van der Waals surface area contributed by atoms with Gasteiger partial charge in [-0.25, -0.2) is 0 Å². The molecule has 0 spiro atoms. The fraction of sp³-hybridized carbons (Fsp3) is 0.588. The van der Waals surface area contributed by atoms with E-state index in [4.69, 9.17) is 0 Å². The van der Waals surface area contributed by atoms with Crippen LogP contribution in [-0.2, 0) is 6.42 Å². The first-order valence-electron chi connectivity index (χ1n) is 7.39. The van der Waals surface area contributed by atoms with E-state index in [1.807, 2.05) is 26.0 Å². The Kier molecular flexibility index (Phi) is 4.35. The number of aryl methyl sites for hydroxylation is 1. The van der Waals surface area contributed by atoms with E-state index < -0.39 is 5.54 Å². The number of rotatable bonds is 3. The van der Waals surface area contributed by atoms with Gasteiger partial charge in [-0.1, -0.05) is 24.6 Å². The number of likely N-dealkylation sites (tertiary alicyclic amines) is 1. The van der Waals surface area contributed by atoms with Gasteiger partial charge in [0.25, 0.3) is 0 Å². The van der Waals surface area contributed by atoms with Gasteiger partial charge in [-0.3, -0.25) is 4.90 Å². The van der Waals surface area contributed by atoms with Crippen molar-refractivity contribution < 1.29 is 5.11 Å². The normalized spacial score (nSPS) is 23.0. The molecule has 1 saturated heterocycles. The van der Waals surface area contributed by atoms with Crippen molar-refractivity contribution in [1.82, 2.24) is 4.90 Å². The Morgan fingerprint density at radius 1 is 1.50 bits per heavy atom. The number of phenolic OH excluding ortho intramolecular Hbond substituents is 1. The predicted molar refractivity (Wildman–Crippen MR) is 80.5 cm³/mol. The van der Waals surface area contributed by atoms with Crippen LogP contribution >= 0.6 is 0 Å². The number of benzene rings is 1. The quantitative estimate of drug-likeness (QED) is 0.918. The van der Waals surface area contributed by atoms with E-state index in [2.05, 4.69) is 17.9 Å². The summed E-state index contributed by atoms with van der Waals surface area (Å²) in [5, 5.41) is 19.7. The molecule has 2 atom stereocenters. The molecule has 0 aliphatic carbocycles. The highest BCUT2D eigenvalue weighted by atomic mass is 16.3. The van der Waals surface area contributed by atoms with Gasteiger partial charge in [0.05, 0.1) is 6.07 Å². The van der Waals surface area contributed by atoms with Crippen molar-refractivity contribution in [3.63, 3.8) is 0 Å². The van der Waals surface area contributed by atoms with Crippen LogP contribution in [0.1, 0.15) is 37.8 Å². The van der Waals surface area contributed by atoms with Gasteiger partial charge in [0, 0.05) is 13.0 Å². The van der Waals surface area contributed by atoms with Crippen LogP contribution in [0.4, 0.5) is 0 Å². The lowest BCUT2D eigenvalue weighted by Gasteiger charge is -2.41. The summed E-state index contributed by atoms with van der Waals surface area (Å²) >= 11 is 0. The molecular weight excluding hydrogens is 248 g/mol. The average Bonchev–Trinajstić information content (AvgIpc) is 2.43. The number of hydrogen-bond acceptors (Lipinski definition) is 3. The zero-order valence-corrected chi connectivity index (χ0v) is 12.7. The number of nitriles is 1. The maximum absolute atomic E-state index is 10.0. The summed E-state index contributed by atoms with van der Waals surface area (Å²) in [6.07, 6.45) is 2.97. The first kappa shape index (κ1) is 14.9. The lowest BCUT2D eigenvalue weighted by Crippen LogP contribution is -2.51. The zero-order chi connectivity index (χ0) is 14.8. The average molecular weight is 272 g/mol. The van der Waals surface area contributed by atoms with Crippen molar-refractivity contribution in [2.24, 2.45) is 5.92 Å². The minimum absolute atomic E-state index is 0.294. The Morgan fingerprint density at radius 3 is 2.90 bits per heavy atom. The topological polar surface area (TPSA) is 47.3 Å². The molecule has 0 amide bonds. The van der Waals surface area contributed by atoms with Crippen LogP contribution in [0.15, 0.2) is 18.2 Å². The van der Waals surface area contributed by atoms with Gasteiger partial charge in [0.2, 0.25) is 0 Å². The summed E-state index contributed by atoms with van der Waals surface area (Å²) in [6.45, 7) is 8.19. The second-order valence-electron chi connectivity index (χ2n) is 6.39. The smallest absolute Gasteiger partial charge is 0.118 e. The highest BCUT2D eigenvalue weighted by Crippen LogP contribution is 2.30. The molecule has 1 N–H and O–H groups in total. The number of aromatic hydroxyl groups is 1. The largest absolute Gasteiger partial charge is 0.508 e. The van der Waals surface area contributed by atoms with Crippen LogP contribution in [0, 0.1) is 24.2 Å². The van der Waals surface area contributed by atoms with E-state index in [0.29, 0.717) is 18.1 Å². The van der Waals surface area contributed by atoms with Gasteiger partial charge in [-0.15, -0.1) is 0 Å². The van der Waals surface area contributed by atoms with Crippen molar-refractivity contribution in [3.8, 4) is 11.8 Å². The molecule has 0 bridgehead atoms. The molecule has 1 aliphatic heterocycles. The summed E-state index contributed by atoms with van der Waals surface area (Å²) in [6, 6.07) is 8.08. The fourth-order valence-electron chi connectivity index (χ4n) is 3.09. The molecule has 3 heteroatoms. The summed E-state index contributed by atoms with van der Waals surface area (Å²) in [5.74, 6) is 0.935. The predicted octanol–water partition coefficient (Wildman–Crippen LogP) is 3.26. The summed E-state index contributed by atoms with van der Waals surface area (Å²) < 4.78 is 0. The number of phenols is 1. The van der Waals surface area contributed by atoms with E-state index in [9.17, 15) is 10.4 Å². The molecule has 1 aromatic carbocycles. The molecule has 3 nitrogen and oxygen atoms in total. The van der Waals surface area contributed by atoms with Crippen molar-refractivity contribution in [3.05, 3.63) is 29.3 Å². The van der Waals surface area contributed by atoms with Crippen LogP contribution in [0.3, 0.4) is 0 Å². The Bertz CT molecular complexity index is 520. The van der Waals surface area contributed by atoms with Gasteiger partial charge in [-0.05, 0) is 50.8 Å². The minimum Gasteiger partial charge on any atom is -0.508 e. The maximum atomic E-state index is 10.0. The van der Waals surface area contributed by atoms with E-state index in [1.54, 1.807) is 6.07 Å². The summed E-state index contributed by atoms with van der Waals surface area (Å²) in [4.78, 5) is 2.28. The Morgan fingerprint density at radius 2 is 2.25 bits per heavy atom. The summed E-state index contributed by atoms with van der Waals surface area (Å²) in [7, 11) is 0. The van der Waals surface area contributed by atoms with Crippen LogP contribution in [0.2, 0.25) is 0 Å². The molecule has 1 aromatic rings. The highest BCUT2D eigenvalue weighted by Gasteiger charge is 2.35. The van der Waals surface area contributed by atoms with E-state index in [0.717, 1.165) is 30.6 Å². The molecule has 0 radical (unpaired) electrons. The van der Waals surface area contributed by atoms with Gasteiger partial charge < -0.3 is 5.11 Å². The monoisotopic (exact) mass is 272 g/mol. The third kappa shape index (κ3) is 3.13. The molecular formula is C17H24N2O. The Balaban J connectivity index is 2.23. The second kappa shape index (κ2) is 5.85. The van der Waals surface area contributed by atoms with E-state index >= 15 is 0 Å². The number of piperidine rings is 1. The lowest BCUT2D eigenvalue weighted by molar-refractivity contribution is 0.0954. The molecule has 1 aliphatic rings. The zero-order valence-electron chi connectivity index (χ0n) is 12.7. The van der Waals surface area contributed by atoms with Crippen molar-refractivity contribution >= 4 is 0 Å². The molecule has 1 fully saturated rings. The molecule has 0 aromatic heterocycles.